The maximum absolute atomic E-state index is 13.9. The monoisotopic (exact) mass is 383 g/mol. The van der Waals surface area contributed by atoms with Crippen molar-refractivity contribution in [2.45, 2.75) is 6.54 Å². The number of carbonyl (C=O) groups excluding carboxylic acids is 1. The lowest BCUT2D eigenvalue weighted by Gasteiger charge is -2.35. The summed E-state index contributed by atoms with van der Waals surface area (Å²) in [6.07, 6.45) is 0. The number of nitrogens with zero attached hydrogens (tertiary/aromatic N) is 2. The Morgan fingerprint density at radius 1 is 1.08 bits per heavy atom. The molecule has 0 saturated carbocycles. The summed E-state index contributed by atoms with van der Waals surface area (Å²) in [5.41, 5.74) is 7.43. The minimum Gasteiger partial charge on any atom is -0.399 e. The molecule has 2 aromatic carbocycles. The van der Waals surface area contributed by atoms with Crippen LogP contribution in [0.4, 0.5) is 10.1 Å². The summed E-state index contributed by atoms with van der Waals surface area (Å²) in [6.45, 7) is 3.04. The number of hydrogen-bond acceptors (Lipinski definition) is 3. The Bertz CT molecular complexity index is 711. The van der Waals surface area contributed by atoms with Crippen LogP contribution in [-0.2, 0) is 6.54 Å². The fourth-order valence-corrected chi connectivity index (χ4v) is 3.05. The molecule has 0 unspecified atom stereocenters. The van der Waals surface area contributed by atoms with Gasteiger partial charge in [0, 0.05) is 54.6 Å². The van der Waals surface area contributed by atoms with Crippen LogP contribution in [0.1, 0.15) is 15.9 Å². The van der Waals surface area contributed by atoms with Crippen molar-refractivity contribution in [3.05, 3.63) is 64.4 Å². The molecule has 1 amide bonds. The molecule has 1 fully saturated rings. The van der Waals surface area contributed by atoms with Gasteiger partial charge in [-0.05, 0) is 36.4 Å². The first-order valence-corrected chi connectivity index (χ1v) is 8.22. The fraction of sp³-hybridized carbons (Fsp3) is 0.278. The first-order valence-electron chi connectivity index (χ1n) is 7.84. The molecule has 0 aromatic heterocycles. The van der Waals surface area contributed by atoms with E-state index in [-0.39, 0.29) is 24.1 Å². The summed E-state index contributed by atoms with van der Waals surface area (Å²) in [4.78, 5) is 16.4. The summed E-state index contributed by atoms with van der Waals surface area (Å²) in [6, 6.07) is 11.6. The number of halogens is 3. The van der Waals surface area contributed by atoms with Gasteiger partial charge >= 0.3 is 0 Å². The van der Waals surface area contributed by atoms with Gasteiger partial charge in [-0.15, -0.1) is 12.4 Å². The van der Waals surface area contributed by atoms with Gasteiger partial charge in [0.15, 0.2) is 0 Å². The Morgan fingerprint density at radius 3 is 2.32 bits per heavy atom. The maximum Gasteiger partial charge on any atom is 0.253 e. The van der Waals surface area contributed by atoms with Crippen molar-refractivity contribution < 1.29 is 9.18 Å². The van der Waals surface area contributed by atoms with Gasteiger partial charge in [-0.2, -0.15) is 0 Å². The molecule has 4 nitrogen and oxygen atoms in total. The molecule has 134 valence electrons. The highest BCUT2D eigenvalue weighted by molar-refractivity contribution is 6.31. The molecular formula is C18H20Cl2FN3O. The van der Waals surface area contributed by atoms with E-state index in [4.69, 9.17) is 17.3 Å². The van der Waals surface area contributed by atoms with Gasteiger partial charge < -0.3 is 10.6 Å². The number of benzene rings is 2. The molecule has 1 aliphatic rings. The van der Waals surface area contributed by atoms with Crippen LogP contribution >= 0.6 is 24.0 Å². The number of hydrogen-bond donors (Lipinski definition) is 1. The van der Waals surface area contributed by atoms with Crippen molar-refractivity contribution in [3.63, 3.8) is 0 Å². The molecule has 2 aromatic rings. The first kappa shape index (κ1) is 19.5. The summed E-state index contributed by atoms with van der Waals surface area (Å²) < 4.78 is 13.9. The molecule has 1 saturated heterocycles. The molecular weight excluding hydrogens is 364 g/mol. The van der Waals surface area contributed by atoms with E-state index in [1.165, 1.54) is 6.07 Å². The number of anilines is 1. The van der Waals surface area contributed by atoms with Gasteiger partial charge in [0.25, 0.3) is 5.91 Å². The molecule has 1 heterocycles. The highest BCUT2D eigenvalue weighted by Gasteiger charge is 2.23. The second kappa shape index (κ2) is 8.52. The fourth-order valence-electron chi connectivity index (χ4n) is 2.82. The van der Waals surface area contributed by atoms with Gasteiger partial charge in [0.1, 0.15) is 5.82 Å². The molecule has 1 aliphatic heterocycles. The number of rotatable bonds is 3. The molecule has 0 aliphatic carbocycles. The number of piperazine rings is 1. The molecule has 3 rings (SSSR count). The van der Waals surface area contributed by atoms with E-state index in [1.807, 2.05) is 4.90 Å². The van der Waals surface area contributed by atoms with Gasteiger partial charge in [-0.25, -0.2) is 4.39 Å². The third-order valence-electron chi connectivity index (χ3n) is 4.26. The normalized spacial score (nSPS) is 14.9. The first-order chi connectivity index (χ1) is 11.5. The van der Waals surface area contributed by atoms with Crippen molar-refractivity contribution in [3.8, 4) is 0 Å². The van der Waals surface area contributed by atoms with Crippen LogP contribution in [0.25, 0.3) is 0 Å². The van der Waals surface area contributed by atoms with Gasteiger partial charge in [-0.3, -0.25) is 9.69 Å². The summed E-state index contributed by atoms with van der Waals surface area (Å²) in [5.74, 6) is -0.290. The Kier molecular flexibility index (Phi) is 6.64. The van der Waals surface area contributed by atoms with E-state index in [2.05, 4.69) is 4.90 Å². The van der Waals surface area contributed by atoms with E-state index in [0.29, 0.717) is 54.6 Å². The topological polar surface area (TPSA) is 49.6 Å². The standard InChI is InChI=1S/C18H19ClFN3O.ClH/c19-16-2-1-3-17(20)15(16)12-22-8-10-23(11-9-22)18(24)13-4-6-14(21)7-5-13;/h1-7H,8-12,21H2;1H. The van der Waals surface area contributed by atoms with Crippen LogP contribution in [0.15, 0.2) is 42.5 Å². The van der Waals surface area contributed by atoms with E-state index < -0.39 is 0 Å². The number of nitrogen functional groups attached to an aromatic ring is 1. The highest BCUT2D eigenvalue weighted by Crippen LogP contribution is 2.21. The zero-order valence-corrected chi connectivity index (χ0v) is 15.2. The maximum atomic E-state index is 13.9. The van der Waals surface area contributed by atoms with E-state index in [9.17, 15) is 9.18 Å². The van der Waals surface area contributed by atoms with Gasteiger partial charge in [0.2, 0.25) is 0 Å². The lowest BCUT2D eigenvalue weighted by atomic mass is 10.1. The third kappa shape index (κ3) is 4.63. The summed E-state index contributed by atoms with van der Waals surface area (Å²) >= 11 is 6.08. The predicted octanol–water partition coefficient (Wildman–Crippen LogP) is 3.44. The second-order valence-electron chi connectivity index (χ2n) is 5.89. The summed E-state index contributed by atoms with van der Waals surface area (Å²) in [7, 11) is 0. The highest BCUT2D eigenvalue weighted by atomic mass is 35.5. The van der Waals surface area contributed by atoms with Crippen LogP contribution in [0.3, 0.4) is 0 Å². The SMILES string of the molecule is Cl.Nc1ccc(C(=O)N2CCN(Cc3c(F)cccc3Cl)CC2)cc1. The third-order valence-corrected chi connectivity index (χ3v) is 4.61. The molecule has 0 radical (unpaired) electrons. The quantitative estimate of drug-likeness (QED) is 0.825. The average molecular weight is 384 g/mol. The molecule has 0 bridgehead atoms. The predicted molar refractivity (Wildman–Crippen MR) is 101 cm³/mol. The van der Waals surface area contributed by atoms with Crippen LogP contribution in [-0.4, -0.2) is 41.9 Å². The minimum absolute atomic E-state index is 0. The zero-order chi connectivity index (χ0) is 17.1. The number of nitrogens with two attached hydrogens (primary N) is 1. The lowest BCUT2D eigenvalue weighted by Crippen LogP contribution is -2.48. The van der Waals surface area contributed by atoms with Crippen molar-refractivity contribution in [2.75, 3.05) is 31.9 Å². The largest absolute Gasteiger partial charge is 0.399 e. The number of amides is 1. The van der Waals surface area contributed by atoms with Crippen molar-refractivity contribution in [1.29, 1.82) is 0 Å². The number of carbonyl (C=O) groups is 1. The average Bonchev–Trinajstić information content (AvgIpc) is 2.59. The van der Waals surface area contributed by atoms with E-state index >= 15 is 0 Å². The Hall–Kier alpha value is -1.82. The van der Waals surface area contributed by atoms with Crippen molar-refractivity contribution in [1.82, 2.24) is 9.80 Å². The Balaban J connectivity index is 0.00000225. The van der Waals surface area contributed by atoms with Gasteiger partial charge in [-0.1, -0.05) is 17.7 Å². The van der Waals surface area contributed by atoms with Crippen molar-refractivity contribution in [2.24, 2.45) is 0 Å². The van der Waals surface area contributed by atoms with Crippen LogP contribution in [0, 0.1) is 5.82 Å². The lowest BCUT2D eigenvalue weighted by molar-refractivity contribution is 0.0627. The molecule has 2 N–H and O–H groups in total. The van der Waals surface area contributed by atoms with Gasteiger partial charge in [0.05, 0.1) is 0 Å². The van der Waals surface area contributed by atoms with Crippen LogP contribution < -0.4 is 5.73 Å². The zero-order valence-electron chi connectivity index (χ0n) is 13.6. The van der Waals surface area contributed by atoms with E-state index in [0.717, 1.165) is 0 Å². The summed E-state index contributed by atoms with van der Waals surface area (Å²) in [5, 5.41) is 0.440. The second-order valence-corrected chi connectivity index (χ2v) is 6.30. The van der Waals surface area contributed by atoms with Crippen LogP contribution in [0.2, 0.25) is 5.02 Å². The molecule has 25 heavy (non-hydrogen) atoms. The smallest absolute Gasteiger partial charge is 0.253 e. The molecule has 7 heteroatoms. The molecule has 0 atom stereocenters. The van der Waals surface area contributed by atoms with Crippen molar-refractivity contribution >= 4 is 35.6 Å². The Morgan fingerprint density at radius 2 is 1.72 bits per heavy atom. The molecule has 0 spiro atoms. The Labute approximate surface area is 157 Å². The minimum atomic E-state index is -0.289. The van der Waals surface area contributed by atoms with E-state index in [1.54, 1.807) is 36.4 Å². The van der Waals surface area contributed by atoms with Crippen LogP contribution in [0.5, 0.6) is 0 Å².